The molecule has 0 saturated heterocycles. The van der Waals surface area contributed by atoms with Crippen molar-refractivity contribution in [1.82, 2.24) is 4.90 Å². The predicted molar refractivity (Wildman–Crippen MR) is 79.1 cm³/mol. The maximum atomic E-state index is 12.0. The Morgan fingerprint density at radius 3 is 2.29 bits per heavy atom. The lowest BCUT2D eigenvalue weighted by Crippen LogP contribution is -2.36. The highest BCUT2D eigenvalue weighted by Gasteiger charge is 2.19. The van der Waals surface area contributed by atoms with Crippen molar-refractivity contribution in [2.75, 3.05) is 13.1 Å². The van der Waals surface area contributed by atoms with E-state index in [1.165, 1.54) is 4.90 Å². The zero-order valence-corrected chi connectivity index (χ0v) is 12.4. The van der Waals surface area contributed by atoms with Crippen LogP contribution in [0.15, 0.2) is 30.3 Å². The number of hydrogen-bond acceptors (Lipinski definition) is 3. The second-order valence-electron chi connectivity index (χ2n) is 4.96. The summed E-state index contributed by atoms with van der Waals surface area (Å²) in [6.45, 7) is 3.97. The van der Waals surface area contributed by atoms with Crippen LogP contribution in [0, 0.1) is 5.92 Å². The minimum Gasteiger partial charge on any atom is -0.481 e. The summed E-state index contributed by atoms with van der Waals surface area (Å²) in [7, 11) is 0. The van der Waals surface area contributed by atoms with Gasteiger partial charge in [0.1, 0.15) is 0 Å². The summed E-state index contributed by atoms with van der Waals surface area (Å²) in [4.78, 5) is 36.3. The molecule has 1 amide bonds. The molecule has 21 heavy (non-hydrogen) atoms. The van der Waals surface area contributed by atoms with Gasteiger partial charge in [0.2, 0.25) is 5.91 Å². The molecule has 0 fully saturated rings. The molecule has 5 nitrogen and oxygen atoms in total. The van der Waals surface area contributed by atoms with E-state index in [1.54, 1.807) is 38.1 Å². The lowest BCUT2D eigenvalue weighted by Gasteiger charge is -2.22. The normalized spacial score (nSPS) is 11.7. The molecule has 0 aliphatic rings. The molecule has 0 bridgehead atoms. The number of benzene rings is 1. The van der Waals surface area contributed by atoms with Gasteiger partial charge in [-0.25, -0.2) is 0 Å². The van der Waals surface area contributed by atoms with E-state index < -0.39 is 11.9 Å². The van der Waals surface area contributed by atoms with Crippen LogP contribution in [0.2, 0.25) is 0 Å². The first-order valence-electron chi connectivity index (χ1n) is 7.04. The summed E-state index contributed by atoms with van der Waals surface area (Å²) >= 11 is 0. The van der Waals surface area contributed by atoms with E-state index >= 15 is 0 Å². The minimum atomic E-state index is -0.929. The van der Waals surface area contributed by atoms with E-state index in [9.17, 15) is 14.4 Å². The Morgan fingerprint density at radius 2 is 1.76 bits per heavy atom. The first-order valence-corrected chi connectivity index (χ1v) is 7.04. The van der Waals surface area contributed by atoms with Gasteiger partial charge in [-0.2, -0.15) is 0 Å². The topological polar surface area (TPSA) is 74.7 Å². The van der Waals surface area contributed by atoms with Gasteiger partial charge in [-0.05, 0) is 6.92 Å². The third-order valence-electron chi connectivity index (χ3n) is 3.31. The Kier molecular flexibility index (Phi) is 6.59. The van der Waals surface area contributed by atoms with E-state index in [2.05, 4.69) is 0 Å². The summed E-state index contributed by atoms with van der Waals surface area (Å²) in [6.07, 6.45) is 0.245. The lowest BCUT2D eigenvalue weighted by molar-refractivity contribution is -0.143. The van der Waals surface area contributed by atoms with Crippen molar-refractivity contribution in [3.05, 3.63) is 35.9 Å². The number of amides is 1. The van der Waals surface area contributed by atoms with Crippen molar-refractivity contribution < 1.29 is 19.5 Å². The Hall–Kier alpha value is -2.17. The SMILES string of the molecule is CCN(CC(C)C(=O)O)C(=O)CCC(=O)c1ccccc1. The molecule has 5 heteroatoms. The number of hydrogen-bond donors (Lipinski definition) is 1. The molecule has 0 radical (unpaired) electrons. The molecule has 0 spiro atoms. The molecular formula is C16H21NO4. The maximum Gasteiger partial charge on any atom is 0.308 e. The summed E-state index contributed by atoms with van der Waals surface area (Å²) in [5.74, 6) is -1.80. The second kappa shape index (κ2) is 8.19. The van der Waals surface area contributed by atoms with Crippen molar-refractivity contribution in [3.63, 3.8) is 0 Å². The van der Waals surface area contributed by atoms with Crippen LogP contribution in [0.4, 0.5) is 0 Å². The highest BCUT2D eigenvalue weighted by atomic mass is 16.4. The van der Waals surface area contributed by atoms with Gasteiger partial charge in [-0.3, -0.25) is 14.4 Å². The number of ketones is 1. The Bertz CT molecular complexity index is 498. The summed E-state index contributed by atoms with van der Waals surface area (Å²) < 4.78 is 0. The zero-order valence-electron chi connectivity index (χ0n) is 12.4. The van der Waals surface area contributed by atoms with Crippen molar-refractivity contribution in [3.8, 4) is 0 Å². The molecule has 114 valence electrons. The van der Waals surface area contributed by atoms with E-state index in [0.717, 1.165) is 0 Å². The molecule has 1 atom stereocenters. The van der Waals surface area contributed by atoms with Crippen LogP contribution in [0.5, 0.6) is 0 Å². The zero-order chi connectivity index (χ0) is 15.8. The largest absolute Gasteiger partial charge is 0.481 e. The molecule has 1 aromatic carbocycles. The van der Waals surface area contributed by atoms with Crippen molar-refractivity contribution in [1.29, 1.82) is 0 Å². The van der Waals surface area contributed by atoms with Crippen LogP contribution in [0.25, 0.3) is 0 Å². The molecule has 0 heterocycles. The fraction of sp³-hybridized carbons (Fsp3) is 0.438. The van der Waals surface area contributed by atoms with Gasteiger partial charge < -0.3 is 10.0 Å². The van der Waals surface area contributed by atoms with E-state index in [1.807, 2.05) is 6.07 Å². The predicted octanol–water partition coefficient (Wildman–Crippen LogP) is 2.22. The van der Waals surface area contributed by atoms with Gasteiger partial charge in [0, 0.05) is 31.5 Å². The molecule has 0 saturated carbocycles. The van der Waals surface area contributed by atoms with Gasteiger partial charge in [0.15, 0.2) is 5.78 Å². The lowest BCUT2D eigenvalue weighted by atomic mass is 10.1. The molecule has 0 aromatic heterocycles. The molecule has 0 aliphatic carbocycles. The van der Waals surface area contributed by atoms with Gasteiger partial charge >= 0.3 is 5.97 Å². The van der Waals surface area contributed by atoms with E-state index in [4.69, 9.17) is 5.11 Å². The molecule has 1 rings (SSSR count). The number of carbonyl (C=O) groups is 3. The third kappa shape index (κ3) is 5.38. The highest BCUT2D eigenvalue weighted by Crippen LogP contribution is 2.08. The fourth-order valence-electron chi connectivity index (χ4n) is 1.96. The Balaban J connectivity index is 2.51. The number of Topliss-reactive ketones (excluding diaryl/α,β-unsaturated/α-hetero) is 1. The second-order valence-corrected chi connectivity index (χ2v) is 4.96. The number of carbonyl (C=O) groups excluding carboxylic acids is 2. The van der Waals surface area contributed by atoms with Crippen LogP contribution in [0.1, 0.15) is 37.0 Å². The molecular weight excluding hydrogens is 270 g/mol. The van der Waals surface area contributed by atoms with Gasteiger partial charge in [0.05, 0.1) is 5.92 Å². The third-order valence-corrected chi connectivity index (χ3v) is 3.31. The minimum absolute atomic E-state index is 0.0775. The van der Waals surface area contributed by atoms with Crippen LogP contribution in [-0.2, 0) is 9.59 Å². The quantitative estimate of drug-likeness (QED) is 0.745. The maximum absolute atomic E-state index is 12.0. The first-order chi connectivity index (χ1) is 9.95. The van der Waals surface area contributed by atoms with Crippen LogP contribution >= 0.6 is 0 Å². The van der Waals surface area contributed by atoms with Crippen LogP contribution < -0.4 is 0 Å². The number of carboxylic acids is 1. The van der Waals surface area contributed by atoms with E-state index in [0.29, 0.717) is 12.1 Å². The van der Waals surface area contributed by atoms with Gasteiger partial charge in [-0.15, -0.1) is 0 Å². The van der Waals surface area contributed by atoms with Gasteiger partial charge in [-0.1, -0.05) is 37.3 Å². The average molecular weight is 291 g/mol. The Morgan fingerprint density at radius 1 is 1.14 bits per heavy atom. The molecule has 0 aliphatic heterocycles. The fourth-order valence-corrected chi connectivity index (χ4v) is 1.96. The molecule has 1 N–H and O–H groups in total. The van der Waals surface area contributed by atoms with Crippen molar-refractivity contribution in [2.45, 2.75) is 26.7 Å². The van der Waals surface area contributed by atoms with Crippen LogP contribution in [-0.4, -0.2) is 40.8 Å². The Labute approximate surface area is 124 Å². The average Bonchev–Trinajstić information content (AvgIpc) is 2.50. The highest BCUT2D eigenvalue weighted by molar-refractivity contribution is 5.97. The number of aliphatic carboxylic acids is 1. The smallest absolute Gasteiger partial charge is 0.308 e. The monoisotopic (exact) mass is 291 g/mol. The van der Waals surface area contributed by atoms with E-state index in [-0.39, 0.29) is 31.1 Å². The molecule has 1 aromatic rings. The van der Waals surface area contributed by atoms with Crippen molar-refractivity contribution in [2.24, 2.45) is 5.92 Å². The van der Waals surface area contributed by atoms with Crippen molar-refractivity contribution >= 4 is 17.7 Å². The molecule has 1 unspecified atom stereocenters. The number of nitrogens with zero attached hydrogens (tertiary/aromatic N) is 1. The van der Waals surface area contributed by atoms with Crippen LogP contribution in [0.3, 0.4) is 0 Å². The number of carboxylic acid groups (broad SMARTS) is 1. The summed E-state index contributed by atoms with van der Waals surface area (Å²) in [5.41, 5.74) is 0.590. The summed E-state index contributed by atoms with van der Waals surface area (Å²) in [6, 6.07) is 8.83. The first kappa shape index (κ1) is 16.9. The summed E-state index contributed by atoms with van der Waals surface area (Å²) in [5, 5.41) is 8.88. The standard InChI is InChI=1S/C16H21NO4/c1-3-17(11-12(2)16(20)21)15(19)10-9-14(18)13-7-5-4-6-8-13/h4-8,12H,3,9-11H2,1-2H3,(H,20,21). The van der Waals surface area contributed by atoms with Gasteiger partial charge in [0.25, 0.3) is 0 Å². The number of rotatable bonds is 8.